The fraction of sp³-hybridized carbons (Fsp3) is 0.800. The number of hydrogen-bond donors (Lipinski definition) is 2. The quantitative estimate of drug-likeness (QED) is 0.870. The molecule has 3 unspecified atom stereocenters. The smallest absolute Gasteiger partial charge is 0.0762 e. The van der Waals surface area contributed by atoms with Crippen molar-refractivity contribution >= 4 is 0 Å². The lowest BCUT2D eigenvalue weighted by Gasteiger charge is -2.33. The van der Waals surface area contributed by atoms with Gasteiger partial charge in [0.05, 0.1) is 5.69 Å². The Morgan fingerprint density at radius 2 is 2.26 bits per heavy atom. The van der Waals surface area contributed by atoms with Gasteiger partial charge in [0, 0.05) is 31.9 Å². The highest BCUT2D eigenvalue weighted by Gasteiger charge is 2.33. The summed E-state index contributed by atoms with van der Waals surface area (Å²) in [6, 6.07) is 3.53. The molecule has 0 aromatic carbocycles. The molecule has 1 aromatic heterocycles. The van der Waals surface area contributed by atoms with E-state index >= 15 is 0 Å². The maximum Gasteiger partial charge on any atom is 0.0762 e. The minimum Gasteiger partial charge on any atom is -0.314 e. The summed E-state index contributed by atoms with van der Waals surface area (Å²) in [6.07, 6.45) is 10.2. The summed E-state index contributed by atoms with van der Waals surface area (Å²) >= 11 is 0. The topological polar surface area (TPSA) is 41.9 Å². The van der Waals surface area contributed by atoms with Gasteiger partial charge in [-0.25, -0.2) is 0 Å². The molecule has 106 valence electrons. The van der Waals surface area contributed by atoms with E-state index in [1.165, 1.54) is 45.1 Å². The average molecular weight is 262 g/mol. The van der Waals surface area contributed by atoms with Gasteiger partial charge in [-0.3, -0.25) is 4.68 Å². The van der Waals surface area contributed by atoms with Crippen LogP contribution in [0.2, 0.25) is 0 Å². The standard InChI is InChI=1S/C15H26N4/c1-19-10-8-12(18-19)11-17-15-7-4-5-13(15)14-6-2-3-9-16-14/h8,10,13-17H,2-7,9,11H2,1H3. The maximum absolute atomic E-state index is 4.45. The number of rotatable bonds is 4. The highest BCUT2D eigenvalue weighted by atomic mass is 15.3. The molecule has 4 nitrogen and oxygen atoms in total. The third-order valence-corrected chi connectivity index (χ3v) is 4.75. The van der Waals surface area contributed by atoms with Crippen molar-refractivity contribution in [2.24, 2.45) is 13.0 Å². The SMILES string of the molecule is Cn1ccc(CNC2CCCC2C2CCCCN2)n1. The Bertz CT molecular complexity index is 395. The average Bonchev–Trinajstić information content (AvgIpc) is 3.06. The molecule has 1 aliphatic carbocycles. The third-order valence-electron chi connectivity index (χ3n) is 4.75. The number of nitrogens with zero attached hydrogens (tertiary/aromatic N) is 2. The highest BCUT2D eigenvalue weighted by molar-refractivity contribution is 5.00. The van der Waals surface area contributed by atoms with Gasteiger partial charge in [-0.15, -0.1) is 0 Å². The van der Waals surface area contributed by atoms with Crippen LogP contribution in [0.4, 0.5) is 0 Å². The Kier molecular flexibility index (Phi) is 4.18. The minimum atomic E-state index is 0.678. The third kappa shape index (κ3) is 3.18. The van der Waals surface area contributed by atoms with Crippen LogP contribution in [0.1, 0.15) is 44.2 Å². The van der Waals surface area contributed by atoms with Gasteiger partial charge in [0.15, 0.2) is 0 Å². The molecule has 0 amide bonds. The fourth-order valence-corrected chi connectivity index (χ4v) is 3.76. The second kappa shape index (κ2) is 6.06. The zero-order valence-corrected chi connectivity index (χ0v) is 11.9. The molecule has 0 radical (unpaired) electrons. The monoisotopic (exact) mass is 262 g/mol. The van der Waals surface area contributed by atoms with E-state index in [0.717, 1.165) is 24.2 Å². The van der Waals surface area contributed by atoms with E-state index < -0.39 is 0 Å². The van der Waals surface area contributed by atoms with Crippen molar-refractivity contribution in [2.75, 3.05) is 6.54 Å². The van der Waals surface area contributed by atoms with Crippen LogP contribution in [0.3, 0.4) is 0 Å². The number of nitrogens with one attached hydrogen (secondary N) is 2. The van der Waals surface area contributed by atoms with Gasteiger partial charge in [-0.2, -0.15) is 5.10 Å². The van der Waals surface area contributed by atoms with E-state index in [9.17, 15) is 0 Å². The molecule has 2 fully saturated rings. The summed E-state index contributed by atoms with van der Waals surface area (Å²) in [4.78, 5) is 0. The lowest BCUT2D eigenvalue weighted by atomic mass is 9.88. The van der Waals surface area contributed by atoms with Crippen molar-refractivity contribution in [1.82, 2.24) is 20.4 Å². The zero-order valence-electron chi connectivity index (χ0n) is 11.9. The summed E-state index contributed by atoms with van der Waals surface area (Å²) in [5.74, 6) is 0.823. The number of aromatic nitrogens is 2. The number of hydrogen-bond acceptors (Lipinski definition) is 3. The molecule has 1 saturated carbocycles. The molecule has 4 heteroatoms. The fourth-order valence-electron chi connectivity index (χ4n) is 3.76. The van der Waals surface area contributed by atoms with Crippen molar-refractivity contribution in [3.05, 3.63) is 18.0 Å². The molecular formula is C15H26N4. The summed E-state index contributed by atoms with van der Waals surface area (Å²) in [6.45, 7) is 2.13. The van der Waals surface area contributed by atoms with Crippen LogP contribution in [0.15, 0.2) is 12.3 Å². The first kappa shape index (κ1) is 13.1. The first-order valence-corrected chi connectivity index (χ1v) is 7.78. The van der Waals surface area contributed by atoms with Gasteiger partial charge in [0.25, 0.3) is 0 Å². The Morgan fingerprint density at radius 3 is 3.00 bits per heavy atom. The minimum absolute atomic E-state index is 0.678. The molecule has 3 atom stereocenters. The molecule has 3 rings (SSSR count). The van der Waals surface area contributed by atoms with Gasteiger partial charge in [0.2, 0.25) is 0 Å². The van der Waals surface area contributed by atoms with E-state index in [4.69, 9.17) is 0 Å². The largest absolute Gasteiger partial charge is 0.314 e. The van der Waals surface area contributed by atoms with Gasteiger partial charge in [-0.05, 0) is 44.2 Å². The Hall–Kier alpha value is -0.870. The number of aryl methyl sites for hydroxylation is 1. The molecule has 0 bridgehead atoms. The Labute approximate surface area is 116 Å². The highest BCUT2D eigenvalue weighted by Crippen LogP contribution is 2.31. The molecular weight excluding hydrogens is 236 g/mol. The first-order valence-electron chi connectivity index (χ1n) is 7.78. The van der Waals surface area contributed by atoms with E-state index in [-0.39, 0.29) is 0 Å². The first-order chi connectivity index (χ1) is 9.33. The van der Waals surface area contributed by atoms with Crippen LogP contribution in [0.5, 0.6) is 0 Å². The predicted octanol–water partition coefficient (Wildman–Crippen LogP) is 1.82. The van der Waals surface area contributed by atoms with Crippen molar-refractivity contribution in [3.63, 3.8) is 0 Å². The normalized spacial score (nSPS) is 31.7. The Morgan fingerprint density at radius 1 is 1.32 bits per heavy atom. The van der Waals surface area contributed by atoms with Crippen molar-refractivity contribution in [3.8, 4) is 0 Å². The van der Waals surface area contributed by atoms with Crippen molar-refractivity contribution < 1.29 is 0 Å². The van der Waals surface area contributed by atoms with Crippen molar-refractivity contribution in [2.45, 2.75) is 57.2 Å². The van der Waals surface area contributed by atoms with Gasteiger partial charge in [0.1, 0.15) is 0 Å². The molecule has 2 aliphatic rings. The maximum atomic E-state index is 4.45. The number of piperidine rings is 1. The second-order valence-electron chi connectivity index (χ2n) is 6.12. The zero-order chi connectivity index (χ0) is 13.1. The van der Waals surface area contributed by atoms with Crippen LogP contribution in [-0.2, 0) is 13.6 Å². The molecule has 1 aromatic rings. The van der Waals surface area contributed by atoms with E-state index in [1.807, 2.05) is 17.9 Å². The van der Waals surface area contributed by atoms with E-state index in [2.05, 4.69) is 21.8 Å². The molecule has 1 saturated heterocycles. The summed E-state index contributed by atoms with van der Waals surface area (Å²) in [7, 11) is 1.98. The van der Waals surface area contributed by atoms with Crippen LogP contribution < -0.4 is 10.6 Å². The summed E-state index contributed by atoms with van der Waals surface area (Å²) in [5.41, 5.74) is 1.16. The molecule has 2 N–H and O–H groups in total. The predicted molar refractivity (Wildman–Crippen MR) is 76.8 cm³/mol. The van der Waals surface area contributed by atoms with Crippen LogP contribution in [-0.4, -0.2) is 28.4 Å². The van der Waals surface area contributed by atoms with E-state index in [1.54, 1.807) is 0 Å². The van der Waals surface area contributed by atoms with E-state index in [0.29, 0.717) is 6.04 Å². The lowest BCUT2D eigenvalue weighted by molar-refractivity contribution is 0.256. The van der Waals surface area contributed by atoms with Crippen LogP contribution >= 0.6 is 0 Å². The van der Waals surface area contributed by atoms with Gasteiger partial charge < -0.3 is 10.6 Å². The molecule has 1 aliphatic heterocycles. The lowest BCUT2D eigenvalue weighted by Crippen LogP contribution is -2.46. The van der Waals surface area contributed by atoms with Crippen molar-refractivity contribution in [1.29, 1.82) is 0 Å². The van der Waals surface area contributed by atoms with Gasteiger partial charge in [-0.1, -0.05) is 12.8 Å². The van der Waals surface area contributed by atoms with Gasteiger partial charge >= 0.3 is 0 Å². The van der Waals surface area contributed by atoms with Crippen LogP contribution in [0, 0.1) is 5.92 Å². The summed E-state index contributed by atoms with van der Waals surface area (Å²) in [5, 5.41) is 11.9. The van der Waals surface area contributed by atoms with Crippen LogP contribution in [0.25, 0.3) is 0 Å². The summed E-state index contributed by atoms with van der Waals surface area (Å²) < 4.78 is 1.88. The second-order valence-corrected chi connectivity index (χ2v) is 6.12. The molecule has 19 heavy (non-hydrogen) atoms. The Balaban J connectivity index is 1.54. The molecule has 2 heterocycles. The molecule has 0 spiro atoms.